The van der Waals surface area contributed by atoms with Gasteiger partial charge < -0.3 is 24.3 Å². The van der Waals surface area contributed by atoms with Crippen LogP contribution in [0.1, 0.15) is 30.5 Å². The van der Waals surface area contributed by atoms with Crippen molar-refractivity contribution in [3.63, 3.8) is 0 Å². The Labute approximate surface area is 251 Å². The zero-order valence-corrected chi connectivity index (χ0v) is 24.7. The van der Waals surface area contributed by atoms with Gasteiger partial charge in [-0.25, -0.2) is 8.78 Å². The fourth-order valence-corrected chi connectivity index (χ4v) is 7.27. The molecular weight excluding hydrogens is 579 g/mol. The van der Waals surface area contributed by atoms with E-state index in [2.05, 4.69) is 29.5 Å². The zero-order valence-electron chi connectivity index (χ0n) is 23.9. The van der Waals surface area contributed by atoms with Crippen molar-refractivity contribution >= 4 is 38.8 Å². The number of amides is 1. The Morgan fingerprint density at radius 3 is 2.77 bits per heavy atom. The molecule has 2 fully saturated rings. The van der Waals surface area contributed by atoms with Gasteiger partial charge in [0.05, 0.1) is 41.2 Å². The van der Waals surface area contributed by atoms with E-state index in [1.165, 1.54) is 4.90 Å². The fourth-order valence-electron chi connectivity index (χ4n) is 6.33. The van der Waals surface area contributed by atoms with Gasteiger partial charge in [0, 0.05) is 43.2 Å². The molecule has 3 aliphatic rings. The molecule has 6 rings (SSSR count). The van der Waals surface area contributed by atoms with Gasteiger partial charge in [-0.2, -0.15) is 19.6 Å². The molecule has 1 aromatic carbocycles. The molecule has 226 valence electrons. The molecule has 0 spiro atoms. The van der Waals surface area contributed by atoms with Crippen molar-refractivity contribution in [3.8, 4) is 12.1 Å². The van der Waals surface area contributed by atoms with Gasteiger partial charge in [-0.1, -0.05) is 18.7 Å². The van der Waals surface area contributed by atoms with Crippen LogP contribution in [0.15, 0.2) is 30.6 Å². The number of thiophene rings is 1. The van der Waals surface area contributed by atoms with Crippen LogP contribution in [0.5, 0.6) is 6.01 Å². The van der Waals surface area contributed by atoms with Gasteiger partial charge in [-0.3, -0.25) is 4.79 Å². The van der Waals surface area contributed by atoms with E-state index in [-0.39, 0.29) is 36.9 Å². The number of aromatic nitrogens is 2. The fraction of sp³-hybridized carbons (Fsp3) is 0.467. The first-order valence-electron chi connectivity index (χ1n) is 14.4. The number of anilines is 2. The van der Waals surface area contributed by atoms with Crippen molar-refractivity contribution in [2.45, 2.75) is 44.3 Å². The number of fused-ring (bicyclic) bond motifs is 2. The van der Waals surface area contributed by atoms with Crippen LogP contribution in [0.3, 0.4) is 0 Å². The molecule has 13 heteroatoms. The van der Waals surface area contributed by atoms with Crippen molar-refractivity contribution in [1.29, 1.82) is 5.26 Å². The molecule has 2 saturated heterocycles. The number of ether oxygens (including phenoxy) is 1. The lowest BCUT2D eigenvalue weighted by atomic mass is 10.0. The zero-order chi connectivity index (χ0) is 30.2. The maximum absolute atomic E-state index is 14.4. The maximum Gasteiger partial charge on any atom is 0.318 e. The highest BCUT2D eigenvalue weighted by molar-refractivity contribution is 7.18. The highest BCUT2D eigenvalue weighted by atomic mass is 32.1. The van der Waals surface area contributed by atoms with Gasteiger partial charge in [0.25, 0.3) is 5.91 Å². The lowest BCUT2D eigenvalue weighted by Gasteiger charge is -2.42. The van der Waals surface area contributed by atoms with Crippen molar-refractivity contribution in [1.82, 2.24) is 19.8 Å². The Bertz CT molecular complexity index is 1610. The third-order valence-corrected chi connectivity index (χ3v) is 9.63. The largest absolute Gasteiger partial charge is 0.462 e. The van der Waals surface area contributed by atoms with E-state index in [0.717, 1.165) is 47.7 Å². The lowest BCUT2D eigenvalue weighted by Crippen LogP contribution is -2.55. The Balaban J connectivity index is 1.33. The molecule has 2 aromatic heterocycles. The Morgan fingerprint density at radius 1 is 1.19 bits per heavy atom. The van der Waals surface area contributed by atoms with E-state index in [4.69, 9.17) is 14.7 Å². The first-order chi connectivity index (χ1) is 20.7. The summed E-state index contributed by atoms with van der Waals surface area (Å²) >= 11 is 0.796. The number of rotatable bonds is 7. The molecule has 1 amide bonds. The smallest absolute Gasteiger partial charge is 0.318 e. The summed E-state index contributed by atoms with van der Waals surface area (Å²) in [7, 11) is 2.07. The molecule has 2 atom stereocenters. The first-order valence-corrected chi connectivity index (χ1v) is 15.2. The number of likely N-dealkylation sites (tertiary alicyclic amines) is 1. The van der Waals surface area contributed by atoms with Crippen molar-refractivity contribution in [3.05, 3.63) is 52.8 Å². The number of halogens is 3. The van der Waals surface area contributed by atoms with E-state index < -0.39 is 28.7 Å². The summed E-state index contributed by atoms with van der Waals surface area (Å²) in [5.41, 5.74) is 2.40. The predicted molar refractivity (Wildman–Crippen MR) is 158 cm³/mol. The van der Waals surface area contributed by atoms with E-state index in [1.807, 2.05) is 11.0 Å². The molecule has 0 N–H and O–H groups in total. The Morgan fingerprint density at radius 2 is 2.02 bits per heavy atom. The molecule has 0 aliphatic carbocycles. The van der Waals surface area contributed by atoms with Gasteiger partial charge in [-0.05, 0) is 38.9 Å². The first kappa shape index (κ1) is 29.2. The van der Waals surface area contributed by atoms with Crippen LogP contribution < -0.4 is 14.5 Å². The number of nitriles is 1. The van der Waals surface area contributed by atoms with E-state index in [9.17, 15) is 23.2 Å². The molecule has 3 aliphatic heterocycles. The van der Waals surface area contributed by atoms with Crippen molar-refractivity contribution in [2.75, 3.05) is 56.2 Å². The second-order valence-corrected chi connectivity index (χ2v) is 12.2. The molecule has 43 heavy (non-hydrogen) atoms. The van der Waals surface area contributed by atoms with Crippen molar-refractivity contribution in [2.24, 2.45) is 0 Å². The predicted octanol–water partition coefficient (Wildman–Crippen LogP) is 4.42. The molecule has 9 nitrogen and oxygen atoms in total. The second-order valence-electron chi connectivity index (χ2n) is 11.2. The van der Waals surface area contributed by atoms with Gasteiger partial charge in [0.2, 0.25) is 5.13 Å². The summed E-state index contributed by atoms with van der Waals surface area (Å²) in [6.45, 7) is 6.41. The molecule has 0 radical (unpaired) electrons. The van der Waals surface area contributed by atoms with E-state index in [0.29, 0.717) is 43.2 Å². The van der Waals surface area contributed by atoms with Crippen LogP contribution in [0, 0.1) is 22.3 Å². The normalized spacial score (nSPS) is 20.8. The standard InChI is InChI=1S/C30H32F3N7O2S/c1-18(31)29(41)40-14-13-39(15-19(40)8-10-34)28-21-9-12-38(24-7-3-6-22-25(32)27(33)43-26(22)24)16-23(21)35-30(36-28)42-17-20-5-4-11-37(20)2/h3,6-7,19-20H,1,4-5,8-9,11-17H2,2H3/t19-,20-/m0/s1. The molecule has 0 unspecified atom stereocenters. The second kappa shape index (κ2) is 12.0. The summed E-state index contributed by atoms with van der Waals surface area (Å²) in [4.78, 5) is 29.8. The van der Waals surface area contributed by atoms with Gasteiger partial charge in [-0.15, -0.1) is 11.3 Å². The summed E-state index contributed by atoms with van der Waals surface area (Å²) in [6, 6.07) is 7.23. The van der Waals surface area contributed by atoms with Crippen LogP contribution in [-0.2, 0) is 17.8 Å². The van der Waals surface area contributed by atoms with Gasteiger partial charge in [0.15, 0.2) is 11.6 Å². The number of nitrogens with zero attached hydrogens (tertiary/aromatic N) is 7. The van der Waals surface area contributed by atoms with Gasteiger partial charge in [0.1, 0.15) is 12.4 Å². The molecule has 5 heterocycles. The minimum Gasteiger partial charge on any atom is -0.462 e. The van der Waals surface area contributed by atoms with Crippen LogP contribution in [0.2, 0.25) is 0 Å². The summed E-state index contributed by atoms with van der Waals surface area (Å²) in [5, 5.41) is 8.87. The topological polar surface area (TPSA) is 88.8 Å². The highest BCUT2D eigenvalue weighted by Gasteiger charge is 2.35. The lowest BCUT2D eigenvalue weighted by molar-refractivity contribution is -0.131. The third kappa shape index (κ3) is 5.61. The average Bonchev–Trinajstić information content (AvgIpc) is 3.55. The number of carbonyl (C=O) groups excluding carboxylic acids is 1. The van der Waals surface area contributed by atoms with Crippen LogP contribution >= 0.6 is 11.3 Å². The molecule has 0 bridgehead atoms. The Kier molecular flexibility index (Phi) is 8.15. The molecular formula is C30H32F3N7O2S. The van der Waals surface area contributed by atoms with Crippen LogP contribution in [0.25, 0.3) is 10.1 Å². The number of hydrogen-bond acceptors (Lipinski definition) is 9. The van der Waals surface area contributed by atoms with E-state index in [1.54, 1.807) is 12.1 Å². The monoisotopic (exact) mass is 611 g/mol. The minimum atomic E-state index is -1.05. The molecule has 0 saturated carbocycles. The van der Waals surface area contributed by atoms with E-state index >= 15 is 0 Å². The third-order valence-electron chi connectivity index (χ3n) is 8.64. The van der Waals surface area contributed by atoms with Crippen LogP contribution in [0.4, 0.5) is 24.7 Å². The highest BCUT2D eigenvalue weighted by Crippen LogP contribution is 2.39. The summed E-state index contributed by atoms with van der Waals surface area (Å²) < 4.78 is 49.1. The average molecular weight is 612 g/mol. The van der Waals surface area contributed by atoms with Gasteiger partial charge >= 0.3 is 6.01 Å². The number of likely N-dealkylation sites (N-methyl/N-ethyl adjacent to an activating group) is 1. The SMILES string of the molecule is C=C(F)C(=O)N1CCN(c2nc(OC[C@@H]3CCCN3C)nc3c2CCN(c2cccc4c(F)c(F)sc24)C3)C[C@@H]1CC#N. The number of benzene rings is 1. The number of hydrogen-bond donors (Lipinski definition) is 0. The number of carbonyl (C=O) groups is 1. The quantitative estimate of drug-likeness (QED) is 0.363. The maximum atomic E-state index is 14.4. The number of piperazine rings is 1. The van der Waals surface area contributed by atoms with Crippen LogP contribution in [-0.4, -0.2) is 84.1 Å². The Hall–Kier alpha value is -3.89. The summed E-state index contributed by atoms with van der Waals surface area (Å²) in [6.07, 6.45) is 2.71. The molecule has 3 aromatic rings. The summed E-state index contributed by atoms with van der Waals surface area (Å²) in [5.74, 6) is -2.03. The van der Waals surface area contributed by atoms with Crippen molar-refractivity contribution < 1.29 is 22.7 Å². The minimum absolute atomic E-state index is 0.0336.